The number of carbonyl (C=O) groups is 3. The zero-order valence-electron chi connectivity index (χ0n) is 39.2. The van der Waals surface area contributed by atoms with Gasteiger partial charge in [0.1, 0.15) is 13.2 Å². The first-order valence-electron chi connectivity index (χ1n) is 24.9. The highest BCUT2D eigenvalue weighted by atomic mass is 16.6. The Morgan fingerprint density at radius 1 is 0.350 bits per heavy atom. The van der Waals surface area contributed by atoms with Crippen LogP contribution in [0.2, 0.25) is 0 Å². The average molecular weight is 837 g/mol. The lowest BCUT2D eigenvalue weighted by molar-refractivity contribution is -0.167. The summed E-state index contributed by atoms with van der Waals surface area (Å²) in [6.45, 7) is 6.34. The standard InChI is InChI=1S/C54H92O6/c1-4-7-10-13-16-19-21-23-25-26-27-28-29-31-32-35-38-41-44-47-53(56)59-50-51(49-58-52(55)46-43-40-37-34-18-15-12-9-6-3)60-54(57)48-45-42-39-36-33-30-24-22-20-17-14-11-8-5-2/h8-9,11-12,17-18,20,24,26-27,30,34,51H,4-7,10,13-16,19,21-23,25,28-29,31-33,35-50H2,1-3H3/b11-8-,12-9-,20-17-,27-26-,30-24-,34-18-. The molecule has 0 aromatic carbocycles. The van der Waals surface area contributed by atoms with E-state index < -0.39 is 6.10 Å². The third-order valence-electron chi connectivity index (χ3n) is 10.4. The molecule has 0 spiro atoms. The topological polar surface area (TPSA) is 78.9 Å². The Kier molecular flexibility index (Phi) is 46.0. The van der Waals surface area contributed by atoms with Crippen LogP contribution in [0.25, 0.3) is 0 Å². The van der Waals surface area contributed by atoms with Crippen molar-refractivity contribution in [1.82, 2.24) is 0 Å². The maximum Gasteiger partial charge on any atom is 0.306 e. The molecule has 0 saturated carbocycles. The second-order valence-electron chi connectivity index (χ2n) is 16.3. The Labute approximate surface area is 370 Å². The smallest absolute Gasteiger partial charge is 0.306 e. The summed E-state index contributed by atoms with van der Waals surface area (Å²) in [5.74, 6) is -0.964. The van der Waals surface area contributed by atoms with Gasteiger partial charge in [0.25, 0.3) is 0 Å². The number of hydrogen-bond acceptors (Lipinski definition) is 6. The van der Waals surface area contributed by atoms with Crippen LogP contribution < -0.4 is 0 Å². The van der Waals surface area contributed by atoms with Gasteiger partial charge in [0.15, 0.2) is 6.10 Å². The lowest BCUT2D eigenvalue weighted by Gasteiger charge is -2.18. The maximum absolute atomic E-state index is 12.7. The first-order valence-corrected chi connectivity index (χ1v) is 24.9. The molecule has 0 aromatic heterocycles. The third-order valence-corrected chi connectivity index (χ3v) is 10.4. The molecule has 0 aliphatic carbocycles. The number of allylic oxidation sites excluding steroid dienone is 12. The highest BCUT2D eigenvalue weighted by Gasteiger charge is 2.19. The molecule has 6 heteroatoms. The molecule has 0 fully saturated rings. The predicted molar refractivity (Wildman–Crippen MR) is 256 cm³/mol. The van der Waals surface area contributed by atoms with Crippen LogP contribution in [0.1, 0.15) is 233 Å². The highest BCUT2D eigenvalue weighted by molar-refractivity contribution is 5.71. The van der Waals surface area contributed by atoms with E-state index >= 15 is 0 Å². The summed E-state index contributed by atoms with van der Waals surface area (Å²) in [6.07, 6.45) is 60.5. The van der Waals surface area contributed by atoms with Gasteiger partial charge in [-0.2, -0.15) is 0 Å². The van der Waals surface area contributed by atoms with Gasteiger partial charge in [-0.25, -0.2) is 0 Å². The normalized spacial score (nSPS) is 12.7. The maximum atomic E-state index is 12.7. The van der Waals surface area contributed by atoms with E-state index in [-0.39, 0.29) is 31.1 Å². The molecule has 60 heavy (non-hydrogen) atoms. The van der Waals surface area contributed by atoms with Crippen LogP contribution in [0.15, 0.2) is 72.9 Å². The SMILES string of the molecule is CC/C=C\C/C=C\C/C=C\CCCCCCC(=O)OC(COC(=O)CCCC/C=C\C/C=C\CC)COC(=O)CCCCCCCCC/C=C\CCCCCCCCCC. The van der Waals surface area contributed by atoms with Crippen molar-refractivity contribution in [1.29, 1.82) is 0 Å². The van der Waals surface area contributed by atoms with Crippen molar-refractivity contribution in [2.45, 2.75) is 239 Å². The van der Waals surface area contributed by atoms with E-state index in [2.05, 4.69) is 93.7 Å². The average Bonchev–Trinajstić information content (AvgIpc) is 3.24. The van der Waals surface area contributed by atoms with E-state index in [0.717, 1.165) is 103 Å². The van der Waals surface area contributed by atoms with Crippen molar-refractivity contribution in [2.24, 2.45) is 0 Å². The molecular formula is C54H92O6. The van der Waals surface area contributed by atoms with Crippen molar-refractivity contribution < 1.29 is 28.6 Å². The first kappa shape index (κ1) is 56.9. The summed E-state index contributed by atoms with van der Waals surface area (Å²) in [4.78, 5) is 37.8. The Morgan fingerprint density at radius 2 is 0.650 bits per heavy atom. The quantitative estimate of drug-likeness (QED) is 0.0263. The summed E-state index contributed by atoms with van der Waals surface area (Å²) in [7, 11) is 0. The number of rotatable bonds is 44. The first-order chi connectivity index (χ1) is 29.5. The summed E-state index contributed by atoms with van der Waals surface area (Å²) < 4.78 is 16.7. The lowest BCUT2D eigenvalue weighted by atomic mass is 10.1. The number of carbonyl (C=O) groups excluding carboxylic acids is 3. The summed E-state index contributed by atoms with van der Waals surface area (Å²) in [5, 5.41) is 0. The van der Waals surface area contributed by atoms with E-state index in [0.29, 0.717) is 19.3 Å². The van der Waals surface area contributed by atoms with Crippen molar-refractivity contribution >= 4 is 17.9 Å². The van der Waals surface area contributed by atoms with E-state index in [1.165, 1.54) is 89.9 Å². The Morgan fingerprint density at radius 3 is 1.07 bits per heavy atom. The molecule has 1 atom stereocenters. The fourth-order valence-electron chi connectivity index (χ4n) is 6.72. The molecule has 0 radical (unpaired) electrons. The van der Waals surface area contributed by atoms with Gasteiger partial charge in [-0.05, 0) is 103 Å². The van der Waals surface area contributed by atoms with Crippen molar-refractivity contribution in [3.05, 3.63) is 72.9 Å². The lowest BCUT2D eigenvalue weighted by Crippen LogP contribution is -2.30. The molecule has 1 unspecified atom stereocenters. The molecule has 0 saturated heterocycles. The second kappa shape index (κ2) is 48.5. The molecule has 0 aromatic rings. The van der Waals surface area contributed by atoms with Gasteiger partial charge in [-0.3, -0.25) is 14.4 Å². The number of unbranched alkanes of at least 4 members (excludes halogenated alkanes) is 21. The van der Waals surface area contributed by atoms with Gasteiger partial charge in [0.05, 0.1) is 0 Å². The van der Waals surface area contributed by atoms with Crippen LogP contribution in [0.3, 0.4) is 0 Å². The summed E-state index contributed by atoms with van der Waals surface area (Å²) >= 11 is 0. The fraction of sp³-hybridized carbons (Fsp3) is 0.722. The molecule has 0 aliphatic rings. The zero-order valence-corrected chi connectivity index (χ0v) is 39.2. The Balaban J connectivity index is 4.35. The monoisotopic (exact) mass is 837 g/mol. The minimum atomic E-state index is -0.800. The molecule has 6 nitrogen and oxygen atoms in total. The molecule has 0 heterocycles. The van der Waals surface area contributed by atoms with Gasteiger partial charge in [-0.1, -0.05) is 184 Å². The third kappa shape index (κ3) is 45.9. The fourth-order valence-corrected chi connectivity index (χ4v) is 6.72. The van der Waals surface area contributed by atoms with Crippen LogP contribution >= 0.6 is 0 Å². The van der Waals surface area contributed by atoms with E-state index in [1.54, 1.807) is 0 Å². The summed E-state index contributed by atoms with van der Waals surface area (Å²) in [5.41, 5.74) is 0. The van der Waals surface area contributed by atoms with Gasteiger partial charge in [-0.15, -0.1) is 0 Å². The number of hydrogen-bond donors (Lipinski definition) is 0. The minimum absolute atomic E-state index is 0.0976. The molecule has 0 N–H and O–H groups in total. The van der Waals surface area contributed by atoms with Crippen LogP contribution in [0, 0.1) is 0 Å². The highest BCUT2D eigenvalue weighted by Crippen LogP contribution is 2.14. The zero-order chi connectivity index (χ0) is 43.7. The van der Waals surface area contributed by atoms with Gasteiger partial charge in [0, 0.05) is 19.3 Å². The van der Waals surface area contributed by atoms with Crippen molar-refractivity contribution in [3.8, 4) is 0 Å². The second-order valence-corrected chi connectivity index (χ2v) is 16.3. The molecule has 0 bridgehead atoms. The van der Waals surface area contributed by atoms with Crippen LogP contribution in [0.5, 0.6) is 0 Å². The molecule has 0 rings (SSSR count). The van der Waals surface area contributed by atoms with Crippen molar-refractivity contribution in [3.63, 3.8) is 0 Å². The molecule has 0 amide bonds. The van der Waals surface area contributed by atoms with E-state index in [9.17, 15) is 14.4 Å². The van der Waals surface area contributed by atoms with E-state index in [1.807, 2.05) is 0 Å². The number of esters is 3. The minimum Gasteiger partial charge on any atom is -0.462 e. The molecule has 344 valence electrons. The summed E-state index contributed by atoms with van der Waals surface area (Å²) in [6, 6.07) is 0. The Hall–Kier alpha value is -3.15. The molecule has 0 aliphatic heterocycles. The van der Waals surface area contributed by atoms with Gasteiger partial charge in [0.2, 0.25) is 0 Å². The predicted octanol–water partition coefficient (Wildman–Crippen LogP) is 16.3. The molecular weight excluding hydrogens is 745 g/mol. The van der Waals surface area contributed by atoms with Crippen LogP contribution in [-0.4, -0.2) is 37.2 Å². The number of ether oxygens (including phenoxy) is 3. The van der Waals surface area contributed by atoms with Gasteiger partial charge < -0.3 is 14.2 Å². The van der Waals surface area contributed by atoms with Crippen LogP contribution in [0.4, 0.5) is 0 Å². The van der Waals surface area contributed by atoms with Crippen LogP contribution in [-0.2, 0) is 28.6 Å². The largest absolute Gasteiger partial charge is 0.462 e. The van der Waals surface area contributed by atoms with Gasteiger partial charge >= 0.3 is 17.9 Å². The Bertz CT molecular complexity index is 1140. The van der Waals surface area contributed by atoms with Crippen molar-refractivity contribution in [2.75, 3.05) is 13.2 Å². The van der Waals surface area contributed by atoms with E-state index in [4.69, 9.17) is 14.2 Å².